The molecule has 66 heavy (non-hydrogen) atoms. The molecule has 0 N–H and O–H groups in total. The molecule has 354 valence electrons. The Balaban J connectivity index is 1.20. The summed E-state index contributed by atoms with van der Waals surface area (Å²) in [6, 6.07) is 28.2. The predicted molar refractivity (Wildman–Crippen MR) is 256 cm³/mol. The van der Waals surface area contributed by atoms with Crippen LogP contribution < -0.4 is 9.47 Å². The van der Waals surface area contributed by atoms with Crippen LogP contribution in [-0.2, 0) is 40.0 Å². The second-order valence-electron chi connectivity index (χ2n) is 16.6. The third kappa shape index (κ3) is 12.4. The molecule has 5 nitrogen and oxygen atoms in total. The summed E-state index contributed by atoms with van der Waals surface area (Å²) in [5.74, 6) is -17.6. The molecular formula is C53H58F6O5S2. The zero-order chi connectivity index (χ0) is 47.5. The third-order valence-corrected chi connectivity index (χ3v) is 13.9. The second-order valence-corrected chi connectivity index (χ2v) is 18.7. The van der Waals surface area contributed by atoms with Gasteiger partial charge in [0.2, 0.25) is 0 Å². The van der Waals surface area contributed by atoms with E-state index in [1.165, 1.54) is 35.1 Å². The molecule has 2 heterocycles. The van der Waals surface area contributed by atoms with Gasteiger partial charge in [-0.3, -0.25) is 0 Å². The van der Waals surface area contributed by atoms with Crippen molar-refractivity contribution in [2.75, 3.05) is 26.4 Å². The molecular weight excluding hydrogens is 895 g/mol. The van der Waals surface area contributed by atoms with Gasteiger partial charge in [-0.2, -0.15) is 26.3 Å². The number of fused-ring (bicyclic) bond motifs is 2. The molecule has 0 spiro atoms. The molecule has 0 amide bonds. The van der Waals surface area contributed by atoms with Gasteiger partial charge in [0, 0.05) is 25.2 Å². The normalized spacial score (nSPS) is 12.3. The molecule has 0 atom stereocenters. The monoisotopic (exact) mass is 952 g/mol. The Bertz CT molecular complexity index is 2420. The van der Waals surface area contributed by atoms with Crippen molar-refractivity contribution < 1.29 is 50.1 Å². The van der Waals surface area contributed by atoms with Crippen LogP contribution in [0.15, 0.2) is 97.6 Å². The average molecular weight is 953 g/mol. The summed E-state index contributed by atoms with van der Waals surface area (Å²) in [4.78, 5) is 13.4. The highest BCUT2D eigenvalue weighted by molar-refractivity contribution is 7.22. The highest BCUT2D eigenvalue weighted by Gasteiger charge is 2.72. The minimum atomic E-state index is -5.96. The maximum absolute atomic E-state index is 15.1. The molecule has 0 radical (unpaired) electrons. The maximum Gasteiger partial charge on any atom is 0.377 e. The van der Waals surface area contributed by atoms with E-state index in [1.54, 1.807) is 46.9 Å². The van der Waals surface area contributed by atoms with Crippen LogP contribution in [0, 0.1) is 0 Å². The SMILES string of the molecule is C=CC(=O)OCC(F)(F)C(F)(F)C(F)(F)COC(COc1ccc2cc(-c3ccc(CCCCC)cc3CC)sc2c1)COc1ccc2cc(-c3ccc(CCCCC)cc3CC)sc2c1. The minimum Gasteiger partial charge on any atom is -0.491 e. The first-order valence-corrected chi connectivity index (χ1v) is 24.4. The van der Waals surface area contributed by atoms with Crippen LogP contribution in [0.25, 0.3) is 41.1 Å². The number of alkyl halides is 6. The summed E-state index contributed by atoms with van der Waals surface area (Å²) in [6.45, 7) is 6.34. The number of thiophene rings is 2. The lowest BCUT2D eigenvalue weighted by Gasteiger charge is -2.33. The van der Waals surface area contributed by atoms with E-state index in [1.807, 2.05) is 12.1 Å². The molecule has 6 rings (SSSR count). The van der Waals surface area contributed by atoms with Crippen LogP contribution in [0.4, 0.5) is 26.3 Å². The minimum absolute atomic E-state index is 0.354. The van der Waals surface area contributed by atoms with Crippen molar-refractivity contribution in [2.24, 2.45) is 0 Å². The molecule has 0 aliphatic heterocycles. The quantitative estimate of drug-likeness (QED) is 0.0235. The molecule has 0 bridgehead atoms. The molecule has 0 saturated carbocycles. The van der Waals surface area contributed by atoms with E-state index in [4.69, 9.17) is 14.2 Å². The van der Waals surface area contributed by atoms with Crippen molar-refractivity contribution in [3.05, 3.63) is 120 Å². The number of hydrogen-bond donors (Lipinski definition) is 0. The van der Waals surface area contributed by atoms with Gasteiger partial charge in [-0.1, -0.05) is 96.4 Å². The topological polar surface area (TPSA) is 54.0 Å². The largest absolute Gasteiger partial charge is 0.491 e. The highest BCUT2D eigenvalue weighted by atomic mass is 32.1. The molecule has 0 fully saturated rings. The summed E-state index contributed by atoms with van der Waals surface area (Å²) < 4.78 is 112. The van der Waals surface area contributed by atoms with Crippen molar-refractivity contribution in [1.29, 1.82) is 0 Å². The fraction of sp³-hybridized carbons (Fsp3) is 0.415. The summed E-state index contributed by atoms with van der Waals surface area (Å²) in [5.41, 5.74) is 7.40. The van der Waals surface area contributed by atoms with Gasteiger partial charge in [0.1, 0.15) is 37.4 Å². The average Bonchev–Trinajstić information content (AvgIpc) is 3.94. The summed E-state index contributed by atoms with van der Waals surface area (Å²) >= 11 is 3.14. The van der Waals surface area contributed by atoms with Gasteiger partial charge >= 0.3 is 23.7 Å². The number of hydrogen-bond acceptors (Lipinski definition) is 7. The Morgan fingerprint density at radius 2 is 1.09 bits per heavy atom. The van der Waals surface area contributed by atoms with Gasteiger partial charge in [0.25, 0.3) is 0 Å². The Labute approximate surface area is 391 Å². The van der Waals surface area contributed by atoms with Gasteiger partial charge in [0.15, 0.2) is 6.61 Å². The summed E-state index contributed by atoms with van der Waals surface area (Å²) in [6.07, 6.45) is 9.79. The number of rotatable bonds is 26. The number of esters is 1. The number of unbranched alkanes of at least 4 members (excludes halogenated alkanes) is 4. The fourth-order valence-corrected chi connectivity index (χ4v) is 10.0. The molecule has 2 aromatic heterocycles. The van der Waals surface area contributed by atoms with Crippen LogP contribution in [0.5, 0.6) is 11.5 Å². The van der Waals surface area contributed by atoms with E-state index in [-0.39, 0.29) is 0 Å². The van der Waals surface area contributed by atoms with Crippen LogP contribution in [0.3, 0.4) is 0 Å². The number of benzene rings is 4. The smallest absolute Gasteiger partial charge is 0.377 e. The van der Waals surface area contributed by atoms with E-state index in [0.717, 1.165) is 92.4 Å². The Kier molecular flexibility index (Phi) is 17.4. The first kappa shape index (κ1) is 50.6. The van der Waals surface area contributed by atoms with Gasteiger partial charge < -0.3 is 18.9 Å². The molecule has 0 aliphatic rings. The van der Waals surface area contributed by atoms with E-state index in [9.17, 15) is 22.4 Å². The van der Waals surface area contributed by atoms with Gasteiger partial charge in [-0.15, -0.1) is 22.7 Å². The Hall–Kier alpha value is -4.85. The second kappa shape index (κ2) is 22.8. The summed E-state index contributed by atoms with van der Waals surface area (Å²) in [7, 11) is 0. The van der Waals surface area contributed by atoms with E-state index in [2.05, 4.69) is 87.5 Å². The van der Waals surface area contributed by atoms with E-state index < -0.39 is 56.3 Å². The number of carbonyl (C=O) groups excluding carboxylic acids is 1. The lowest BCUT2D eigenvalue weighted by atomic mass is 9.98. The zero-order valence-corrected chi connectivity index (χ0v) is 39.6. The number of carbonyl (C=O) groups is 1. The van der Waals surface area contributed by atoms with Crippen molar-refractivity contribution in [3.8, 4) is 32.4 Å². The van der Waals surface area contributed by atoms with Crippen molar-refractivity contribution in [3.63, 3.8) is 0 Å². The molecule has 4 aromatic carbocycles. The van der Waals surface area contributed by atoms with Gasteiger partial charge in [-0.05, 0) is 131 Å². The van der Waals surface area contributed by atoms with Gasteiger partial charge in [-0.25, -0.2) is 4.79 Å². The van der Waals surface area contributed by atoms with Crippen molar-refractivity contribution >= 4 is 48.8 Å². The number of ether oxygens (including phenoxy) is 4. The number of halogens is 6. The van der Waals surface area contributed by atoms with E-state index in [0.29, 0.717) is 17.6 Å². The Morgan fingerprint density at radius 3 is 1.53 bits per heavy atom. The maximum atomic E-state index is 15.1. The lowest BCUT2D eigenvalue weighted by molar-refractivity contribution is -0.329. The zero-order valence-electron chi connectivity index (χ0n) is 38.0. The van der Waals surface area contributed by atoms with Gasteiger partial charge in [0.05, 0.1) is 0 Å². The standard InChI is InChI=1S/C53H58F6O5S2/c1-6-11-13-15-35-17-23-44(37(8-3)25-35)48-27-39-19-21-41(29-46(39)65-48)61-31-43(63-33-51(54,55)53(58,59)52(56,57)34-64-50(60)10-5)32-62-42-22-20-40-28-49(66-47(40)30-42)45-24-18-36(16-14-12-7-2)26-38(45)9-4/h10,17-30,43H,5-9,11-16,31-34H2,1-4H3. The molecule has 0 unspecified atom stereocenters. The molecule has 13 heteroatoms. The fourth-order valence-electron chi connectivity index (χ4n) is 7.71. The molecule has 0 aliphatic carbocycles. The van der Waals surface area contributed by atoms with Crippen LogP contribution >= 0.6 is 22.7 Å². The first-order chi connectivity index (χ1) is 31.6. The lowest BCUT2D eigenvalue weighted by Crippen LogP contribution is -2.58. The molecule has 0 saturated heterocycles. The highest BCUT2D eigenvalue weighted by Crippen LogP contribution is 2.46. The van der Waals surface area contributed by atoms with E-state index >= 15 is 8.78 Å². The van der Waals surface area contributed by atoms with Crippen molar-refractivity contribution in [1.82, 2.24) is 0 Å². The number of aryl methyl sites for hydroxylation is 4. The Morgan fingerprint density at radius 1 is 0.621 bits per heavy atom. The van der Waals surface area contributed by atoms with Crippen LogP contribution in [0.2, 0.25) is 0 Å². The van der Waals surface area contributed by atoms with Crippen molar-refractivity contribution in [2.45, 2.75) is 116 Å². The summed E-state index contributed by atoms with van der Waals surface area (Å²) in [5, 5.41) is 1.93. The third-order valence-electron chi connectivity index (χ3n) is 11.6. The molecule has 6 aromatic rings. The van der Waals surface area contributed by atoms with Crippen LogP contribution in [-0.4, -0.2) is 56.3 Å². The predicted octanol–water partition coefficient (Wildman–Crippen LogP) is 15.5. The first-order valence-electron chi connectivity index (χ1n) is 22.7. The van der Waals surface area contributed by atoms with Crippen LogP contribution in [0.1, 0.15) is 88.5 Å².